The zero-order chi connectivity index (χ0) is 12.5. The van der Waals surface area contributed by atoms with Gasteiger partial charge < -0.3 is 10.5 Å². The van der Waals surface area contributed by atoms with Crippen molar-refractivity contribution in [2.24, 2.45) is 5.73 Å². The second-order valence-corrected chi connectivity index (χ2v) is 6.41. The number of para-hydroxylation sites is 1. The molecule has 2 N–H and O–H groups in total. The van der Waals surface area contributed by atoms with E-state index in [0.29, 0.717) is 0 Å². The maximum Gasteiger partial charge on any atom is 0.159 e. The summed E-state index contributed by atoms with van der Waals surface area (Å²) in [6.45, 7) is 1.98. The van der Waals surface area contributed by atoms with Gasteiger partial charge in [-0.3, -0.25) is 0 Å². The Morgan fingerprint density at radius 3 is 3.06 bits per heavy atom. The minimum atomic E-state index is 0.0415. The third-order valence-corrected chi connectivity index (χ3v) is 5.18. The van der Waals surface area contributed by atoms with Gasteiger partial charge in [-0.2, -0.15) is 0 Å². The Balaban J connectivity index is 1.83. The minimum Gasteiger partial charge on any atom is -0.481 e. The van der Waals surface area contributed by atoms with E-state index in [0.717, 1.165) is 21.4 Å². The van der Waals surface area contributed by atoms with Crippen LogP contribution >= 0.6 is 23.1 Å². The molecule has 3 rings (SSSR count). The molecule has 1 aliphatic heterocycles. The number of benzene rings is 1. The first-order chi connectivity index (χ1) is 8.74. The summed E-state index contributed by atoms with van der Waals surface area (Å²) in [6.07, 6.45) is 1.90. The number of hydrogen-bond acceptors (Lipinski definition) is 5. The Bertz CT molecular complexity index is 553. The number of thioether (sulfide) groups is 1. The summed E-state index contributed by atoms with van der Waals surface area (Å²) in [7, 11) is 0. The van der Waals surface area contributed by atoms with E-state index in [1.165, 1.54) is 4.90 Å². The summed E-state index contributed by atoms with van der Waals surface area (Å²) in [4.78, 5) is 6.75. The lowest BCUT2D eigenvalue weighted by atomic mass is 10.3. The summed E-state index contributed by atoms with van der Waals surface area (Å²) in [6, 6.07) is 8.17. The van der Waals surface area contributed by atoms with Crippen LogP contribution in [0.4, 0.5) is 0 Å². The third kappa shape index (κ3) is 2.25. The molecule has 1 aromatic carbocycles. The third-order valence-electron chi connectivity index (χ3n) is 2.77. The number of thiazole rings is 1. The van der Waals surface area contributed by atoms with Crippen LogP contribution in [0.2, 0.25) is 0 Å². The molecule has 2 unspecified atom stereocenters. The lowest BCUT2D eigenvalue weighted by molar-refractivity contribution is 0.220. The molecule has 5 heteroatoms. The Kier molecular flexibility index (Phi) is 3.28. The summed E-state index contributed by atoms with van der Waals surface area (Å²) in [5.41, 5.74) is 5.86. The highest BCUT2D eigenvalue weighted by Gasteiger charge is 2.24. The lowest BCUT2D eigenvalue weighted by Crippen LogP contribution is -2.14. The number of rotatable bonds is 2. The van der Waals surface area contributed by atoms with Gasteiger partial charge in [0.25, 0.3) is 0 Å². The molecule has 2 heterocycles. The highest BCUT2D eigenvalue weighted by atomic mass is 32.2. The molecule has 1 aliphatic rings. The van der Waals surface area contributed by atoms with Gasteiger partial charge in [-0.1, -0.05) is 12.1 Å². The smallest absolute Gasteiger partial charge is 0.159 e. The molecular weight excluding hydrogens is 264 g/mol. The predicted octanol–water partition coefficient (Wildman–Crippen LogP) is 3.39. The number of fused-ring (bicyclic) bond motifs is 1. The fourth-order valence-electron chi connectivity index (χ4n) is 1.80. The molecular formula is C13H14N2OS2. The first kappa shape index (κ1) is 12.0. The van der Waals surface area contributed by atoms with Gasteiger partial charge in [-0.25, -0.2) is 4.98 Å². The molecule has 0 amide bonds. The van der Waals surface area contributed by atoms with Gasteiger partial charge in [-0.05, 0) is 19.1 Å². The van der Waals surface area contributed by atoms with E-state index in [2.05, 4.69) is 11.1 Å². The van der Waals surface area contributed by atoms with Gasteiger partial charge >= 0.3 is 0 Å². The second kappa shape index (κ2) is 4.91. The largest absolute Gasteiger partial charge is 0.481 e. The molecule has 0 saturated heterocycles. The molecule has 94 valence electrons. The summed E-state index contributed by atoms with van der Waals surface area (Å²) in [5, 5.41) is 1.02. The monoisotopic (exact) mass is 278 g/mol. The molecule has 0 fully saturated rings. The average molecular weight is 278 g/mol. The Hall–Kier alpha value is -1.04. The Labute approximate surface area is 114 Å². The van der Waals surface area contributed by atoms with Gasteiger partial charge in [0.15, 0.2) is 6.10 Å². The van der Waals surface area contributed by atoms with Gasteiger partial charge in [-0.15, -0.1) is 23.1 Å². The van der Waals surface area contributed by atoms with Gasteiger partial charge in [0.2, 0.25) is 0 Å². The first-order valence-electron chi connectivity index (χ1n) is 5.83. The SMILES string of the molecule is CC(N)c1cnc(C2CSc3ccccc3O2)s1. The molecule has 3 nitrogen and oxygen atoms in total. The Morgan fingerprint density at radius 1 is 1.44 bits per heavy atom. The fraction of sp³-hybridized carbons (Fsp3) is 0.308. The van der Waals surface area contributed by atoms with E-state index >= 15 is 0 Å². The van der Waals surface area contributed by atoms with E-state index in [1.807, 2.05) is 43.1 Å². The number of nitrogens with zero attached hydrogens (tertiary/aromatic N) is 1. The van der Waals surface area contributed by atoms with Crippen LogP contribution in [0.3, 0.4) is 0 Å². The molecule has 0 aliphatic carbocycles. The van der Waals surface area contributed by atoms with Crippen molar-refractivity contribution in [2.45, 2.75) is 24.0 Å². The molecule has 0 saturated carbocycles. The summed E-state index contributed by atoms with van der Waals surface area (Å²) >= 11 is 3.47. The van der Waals surface area contributed by atoms with Crippen LogP contribution < -0.4 is 10.5 Å². The number of ether oxygens (including phenoxy) is 1. The molecule has 0 radical (unpaired) electrons. The highest BCUT2D eigenvalue weighted by Crippen LogP contribution is 2.41. The van der Waals surface area contributed by atoms with Crippen LogP contribution in [0.15, 0.2) is 35.4 Å². The first-order valence-corrected chi connectivity index (χ1v) is 7.64. The van der Waals surface area contributed by atoms with Crippen molar-refractivity contribution in [1.82, 2.24) is 4.98 Å². The van der Waals surface area contributed by atoms with Crippen LogP contribution in [0, 0.1) is 0 Å². The van der Waals surface area contributed by atoms with Gasteiger partial charge in [0, 0.05) is 27.8 Å². The van der Waals surface area contributed by atoms with Crippen molar-refractivity contribution < 1.29 is 4.74 Å². The van der Waals surface area contributed by atoms with Gasteiger partial charge in [0.1, 0.15) is 10.8 Å². The van der Waals surface area contributed by atoms with E-state index in [4.69, 9.17) is 10.5 Å². The average Bonchev–Trinajstić information content (AvgIpc) is 2.88. The fourth-order valence-corrected chi connectivity index (χ4v) is 3.80. The number of aromatic nitrogens is 1. The van der Waals surface area contributed by atoms with E-state index in [-0.39, 0.29) is 12.1 Å². The number of nitrogens with two attached hydrogens (primary N) is 1. The molecule has 2 atom stereocenters. The van der Waals surface area contributed by atoms with Crippen molar-refractivity contribution in [3.8, 4) is 5.75 Å². The quantitative estimate of drug-likeness (QED) is 0.914. The maximum atomic E-state index is 6.00. The van der Waals surface area contributed by atoms with Crippen molar-refractivity contribution in [1.29, 1.82) is 0 Å². The Morgan fingerprint density at radius 2 is 2.28 bits per heavy atom. The van der Waals surface area contributed by atoms with E-state index < -0.39 is 0 Å². The molecule has 2 aromatic rings. The minimum absolute atomic E-state index is 0.0415. The van der Waals surface area contributed by atoms with E-state index in [9.17, 15) is 0 Å². The zero-order valence-corrected chi connectivity index (χ0v) is 11.6. The predicted molar refractivity (Wildman–Crippen MR) is 75.3 cm³/mol. The van der Waals surface area contributed by atoms with Crippen LogP contribution in [-0.4, -0.2) is 10.7 Å². The molecule has 0 spiro atoms. The van der Waals surface area contributed by atoms with Crippen LogP contribution in [0.5, 0.6) is 5.75 Å². The van der Waals surface area contributed by atoms with Crippen LogP contribution in [0.1, 0.15) is 29.0 Å². The normalized spacial score (nSPS) is 20.0. The lowest BCUT2D eigenvalue weighted by Gasteiger charge is -2.23. The molecule has 0 bridgehead atoms. The zero-order valence-electron chi connectivity index (χ0n) is 10.00. The second-order valence-electron chi connectivity index (χ2n) is 4.25. The summed E-state index contributed by atoms with van der Waals surface area (Å²) < 4.78 is 6.00. The van der Waals surface area contributed by atoms with Crippen molar-refractivity contribution in [2.75, 3.05) is 5.75 Å². The summed E-state index contributed by atoms with van der Waals surface area (Å²) in [5.74, 6) is 1.86. The molecule has 18 heavy (non-hydrogen) atoms. The van der Waals surface area contributed by atoms with E-state index in [1.54, 1.807) is 11.3 Å². The highest BCUT2D eigenvalue weighted by molar-refractivity contribution is 7.99. The van der Waals surface area contributed by atoms with Crippen molar-refractivity contribution >= 4 is 23.1 Å². The van der Waals surface area contributed by atoms with Crippen molar-refractivity contribution in [3.05, 3.63) is 40.3 Å². The maximum absolute atomic E-state index is 6.00. The van der Waals surface area contributed by atoms with Crippen LogP contribution in [0.25, 0.3) is 0 Å². The standard InChI is InChI=1S/C13H14N2OS2/c1-8(14)12-6-15-13(18-12)10-7-17-11-5-3-2-4-9(11)16-10/h2-6,8,10H,7,14H2,1H3. The molecule has 1 aromatic heterocycles. The van der Waals surface area contributed by atoms with Crippen molar-refractivity contribution in [3.63, 3.8) is 0 Å². The topological polar surface area (TPSA) is 48.1 Å². The van der Waals surface area contributed by atoms with Crippen LogP contribution in [-0.2, 0) is 0 Å². The number of hydrogen-bond donors (Lipinski definition) is 1. The van der Waals surface area contributed by atoms with Gasteiger partial charge in [0.05, 0.1) is 0 Å².